The summed E-state index contributed by atoms with van der Waals surface area (Å²) >= 11 is 3.31. The van der Waals surface area contributed by atoms with E-state index in [1.54, 1.807) is 23.1 Å². The van der Waals surface area contributed by atoms with Crippen molar-refractivity contribution >= 4 is 43.3 Å². The molecule has 1 aliphatic rings. The van der Waals surface area contributed by atoms with Gasteiger partial charge in [-0.25, -0.2) is 8.42 Å². The van der Waals surface area contributed by atoms with E-state index in [-0.39, 0.29) is 18.2 Å². The third kappa shape index (κ3) is 5.65. The molecule has 148 valence electrons. The number of anilines is 1. The second-order valence-corrected chi connectivity index (χ2v) is 9.74. The molecule has 0 radical (unpaired) electrons. The standard InChI is InChI=1S/C20H21BrN2O4S/c21-17-6-1-5-16(10-17)13-28(26,27)14-19(24)22-12-15-4-2-7-18(11-15)23-9-3-8-20(23)25/h1-2,4-7,10-11H,3,8-9,12-14H2,(H,22,24). The SMILES string of the molecule is O=C(CS(=O)(=O)Cc1cccc(Br)c1)NCc1cccc(N2CCCC2=O)c1. The Morgan fingerprint density at radius 3 is 2.57 bits per heavy atom. The normalized spacial score (nSPS) is 14.3. The average molecular weight is 465 g/mol. The lowest BCUT2D eigenvalue weighted by atomic mass is 10.2. The van der Waals surface area contributed by atoms with Crippen molar-refractivity contribution in [3.63, 3.8) is 0 Å². The smallest absolute Gasteiger partial charge is 0.235 e. The number of hydrogen-bond donors (Lipinski definition) is 1. The maximum absolute atomic E-state index is 12.3. The zero-order valence-electron chi connectivity index (χ0n) is 15.2. The van der Waals surface area contributed by atoms with E-state index in [4.69, 9.17) is 0 Å². The van der Waals surface area contributed by atoms with Gasteiger partial charge in [0.2, 0.25) is 11.8 Å². The summed E-state index contributed by atoms with van der Waals surface area (Å²) < 4.78 is 25.3. The van der Waals surface area contributed by atoms with Crippen LogP contribution in [0.2, 0.25) is 0 Å². The first kappa shape index (κ1) is 20.5. The Morgan fingerprint density at radius 2 is 1.86 bits per heavy atom. The molecule has 0 unspecified atom stereocenters. The maximum atomic E-state index is 12.3. The van der Waals surface area contributed by atoms with Crippen LogP contribution in [-0.4, -0.2) is 32.5 Å². The summed E-state index contributed by atoms with van der Waals surface area (Å²) in [5.74, 6) is -1.20. The van der Waals surface area contributed by atoms with Gasteiger partial charge >= 0.3 is 0 Å². The third-order valence-electron chi connectivity index (χ3n) is 4.41. The number of hydrogen-bond acceptors (Lipinski definition) is 4. The van der Waals surface area contributed by atoms with E-state index < -0.39 is 21.5 Å². The second kappa shape index (κ2) is 8.87. The Kier molecular flexibility index (Phi) is 6.51. The van der Waals surface area contributed by atoms with Gasteiger partial charge in [-0.3, -0.25) is 9.59 Å². The molecule has 28 heavy (non-hydrogen) atoms. The highest BCUT2D eigenvalue weighted by Crippen LogP contribution is 2.22. The summed E-state index contributed by atoms with van der Waals surface area (Å²) in [4.78, 5) is 25.7. The number of benzene rings is 2. The van der Waals surface area contributed by atoms with Gasteiger partial charge in [0, 0.05) is 29.7 Å². The quantitative estimate of drug-likeness (QED) is 0.682. The van der Waals surface area contributed by atoms with Gasteiger partial charge in [-0.2, -0.15) is 0 Å². The lowest BCUT2D eigenvalue weighted by molar-refractivity contribution is -0.119. The maximum Gasteiger partial charge on any atom is 0.235 e. The number of sulfone groups is 1. The van der Waals surface area contributed by atoms with E-state index in [1.807, 2.05) is 30.3 Å². The molecule has 1 heterocycles. The van der Waals surface area contributed by atoms with Gasteiger partial charge in [0.05, 0.1) is 5.75 Å². The minimum Gasteiger partial charge on any atom is -0.351 e. The number of rotatable bonds is 7. The van der Waals surface area contributed by atoms with Crippen LogP contribution in [0.25, 0.3) is 0 Å². The Hall–Kier alpha value is -2.19. The minimum absolute atomic E-state index is 0.0971. The van der Waals surface area contributed by atoms with Gasteiger partial charge in [-0.15, -0.1) is 0 Å². The molecule has 0 bridgehead atoms. The predicted octanol–water partition coefficient (Wildman–Crippen LogP) is 2.81. The fourth-order valence-electron chi connectivity index (χ4n) is 3.14. The largest absolute Gasteiger partial charge is 0.351 e. The zero-order valence-corrected chi connectivity index (χ0v) is 17.6. The lowest BCUT2D eigenvalue weighted by Gasteiger charge is -2.16. The molecule has 1 saturated heterocycles. The van der Waals surface area contributed by atoms with E-state index in [0.717, 1.165) is 22.1 Å². The monoisotopic (exact) mass is 464 g/mol. The number of carbonyl (C=O) groups excluding carboxylic acids is 2. The van der Waals surface area contributed by atoms with Crippen LogP contribution in [0, 0.1) is 0 Å². The van der Waals surface area contributed by atoms with Crippen molar-refractivity contribution in [2.24, 2.45) is 0 Å². The molecule has 8 heteroatoms. The zero-order chi connectivity index (χ0) is 20.1. The Labute approximate surface area is 173 Å². The fraction of sp³-hybridized carbons (Fsp3) is 0.300. The molecule has 1 fully saturated rings. The van der Waals surface area contributed by atoms with Crippen molar-refractivity contribution in [2.75, 3.05) is 17.2 Å². The van der Waals surface area contributed by atoms with Gasteiger partial charge < -0.3 is 10.2 Å². The van der Waals surface area contributed by atoms with Gasteiger partial charge in [0.15, 0.2) is 9.84 Å². The molecule has 1 aliphatic heterocycles. The molecule has 0 aliphatic carbocycles. The van der Waals surface area contributed by atoms with Crippen LogP contribution < -0.4 is 10.2 Å². The highest BCUT2D eigenvalue weighted by Gasteiger charge is 2.22. The Bertz CT molecular complexity index is 991. The van der Waals surface area contributed by atoms with Gasteiger partial charge in [-0.05, 0) is 41.8 Å². The molecule has 0 atom stereocenters. The predicted molar refractivity (Wildman–Crippen MR) is 112 cm³/mol. The van der Waals surface area contributed by atoms with Crippen LogP contribution in [0.5, 0.6) is 0 Å². The number of nitrogens with one attached hydrogen (secondary N) is 1. The topological polar surface area (TPSA) is 83.6 Å². The molecular weight excluding hydrogens is 444 g/mol. The minimum atomic E-state index is -3.57. The van der Waals surface area contributed by atoms with Crippen LogP contribution in [0.1, 0.15) is 24.0 Å². The Balaban J connectivity index is 1.56. The van der Waals surface area contributed by atoms with Crippen LogP contribution in [0.4, 0.5) is 5.69 Å². The van der Waals surface area contributed by atoms with Crippen molar-refractivity contribution in [3.05, 3.63) is 64.1 Å². The van der Waals surface area contributed by atoms with E-state index >= 15 is 0 Å². The van der Waals surface area contributed by atoms with Gasteiger partial charge in [0.25, 0.3) is 0 Å². The molecule has 0 spiro atoms. The van der Waals surface area contributed by atoms with Crippen LogP contribution >= 0.6 is 15.9 Å². The van der Waals surface area contributed by atoms with E-state index in [2.05, 4.69) is 21.2 Å². The number of halogens is 1. The molecule has 0 aromatic heterocycles. The highest BCUT2D eigenvalue weighted by molar-refractivity contribution is 9.10. The van der Waals surface area contributed by atoms with Crippen LogP contribution in [0.15, 0.2) is 53.0 Å². The van der Waals surface area contributed by atoms with Gasteiger partial charge in [-0.1, -0.05) is 40.2 Å². The molecule has 2 amide bonds. The summed E-state index contributed by atoms with van der Waals surface area (Å²) in [6, 6.07) is 14.4. The number of carbonyl (C=O) groups is 2. The highest BCUT2D eigenvalue weighted by atomic mass is 79.9. The van der Waals surface area contributed by atoms with Gasteiger partial charge in [0.1, 0.15) is 5.75 Å². The van der Waals surface area contributed by atoms with Crippen molar-refractivity contribution in [1.82, 2.24) is 5.32 Å². The molecule has 3 rings (SSSR count). The summed E-state index contributed by atoms with van der Waals surface area (Å²) in [7, 11) is -3.57. The van der Waals surface area contributed by atoms with E-state index in [0.29, 0.717) is 18.5 Å². The molecule has 2 aromatic rings. The van der Waals surface area contributed by atoms with Crippen LogP contribution in [0.3, 0.4) is 0 Å². The first-order valence-corrected chi connectivity index (χ1v) is 11.5. The molecule has 2 aromatic carbocycles. The number of amides is 2. The summed E-state index contributed by atoms with van der Waals surface area (Å²) in [6.07, 6.45) is 1.40. The fourth-order valence-corrected chi connectivity index (χ4v) is 4.88. The molecule has 6 nitrogen and oxygen atoms in total. The van der Waals surface area contributed by atoms with Crippen LogP contribution in [-0.2, 0) is 31.7 Å². The van der Waals surface area contributed by atoms with Crippen molar-refractivity contribution in [1.29, 1.82) is 0 Å². The van der Waals surface area contributed by atoms with Crippen molar-refractivity contribution < 1.29 is 18.0 Å². The molecular formula is C20H21BrN2O4S. The first-order valence-electron chi connectivity index (χ1n) is 8.93. The summed E-state index contributed by atoms with van der Waals surface area (Å²) in [5.41, 5.74) is 2.25. The van der Waals surface area contributed by atoms with E-state index in [1.165, 1.54) is 0 Å². The third-order valence-corrected chi connectivity index (χ3v) is 6.38. The molecule has 0 saturated carbocycles. The Morgan fingerprint density at radius 1 is 1.11 bits per heavy atom. The summed E-state index contributed by atoms with van der Waals surface area (Å²) in [6.45, 7) is 0.906. The number of nitrogens with zero attached hydrogens (tertiary/aromatic N) is 1. The van der Waals surface area contributed by atoms with Crippen molar-refractivity contribution in [3.8, 4) is 0 Å². The molecule has 1 N–H and O–H groups in total. The second-order valence-electron chi connectivity index (χ2n) is 6.76. The van der Waals surface area contributed by atoms with Crippen molar-refractivity contribution in [2.45, 2.75) is 25.1 Å². The first-order chi connectivity index (χ1) is 13.3. The average Bonchev–Trinajstić information content (AvgIpc) is 3.05. The summed E-state index contributed by atoms with van der Waals surface area (Å²) in [5, 5.41) is 2.65. The van der Waals surface area contributed by atoms with E-state index in [9.17, 15) is 18.0 Å². The lowest BCUT2D eigenvalue weighted by Crippen LogP contribution is -2.30.